The number of aryl methyl sites for hydroxylation is 1. The number of halogens is 3. The first kappa shape index (κ1) is 19.3. The number of pyridine rings is 1. The number of carbonyl (C=O) groups excluding carboxylic acids is 2. The topological polar surface area (TPSA) is 77.5 Å². The number of ether oxygens (including phenoxy) is 2. The second-order valence-electron chi connectivity index (χ2n) is 4.89. The average Bonchev–Trinajstić information content (AvgIpc) is 2.56. The molecule has 0 saturated heterocycles. The van der Waals surface area contributed by atoms with Crippen LogP contribution in [0.2, 0.25) is 15.1 Å². The maximum atomic E-state index is 11.7. The molecule has 1 aromatic heterocycles. The monoisotopic (exact) mass is 402 g/mol. The van der Waals surface area contributed by atoms with E-state index in [2.05, 4.69) is 10.3 Å². The smallest absolute Gasteiger partial charge is 0.344 e. The molecule has 0 unspecified atom stereocenters. The summed E-state index contributed by atoms with van der Waals surface area (Å²) in [6, 6.07) is 6.41. The van der Waals surface area contributed by atoms with Gasteiger partial charge < -0.3 is 14.8 Å². The Bertz CT molecular complexity index is 799. The van der Waals surface area contributed by atoms with Crippen LogP contribution in [0, 0.1) is 6.92 Å². The van der Waals surface area contributed by atoms with E-state index in [1.54, 1.807) is 18.2 Å². The number of anilines is 1. The third-order valence-corrected chi connectivity index (χ3v) is 3.83. The van der Waals surface area contributed by atoms with E-state index in [9.17, 15) is 9.59 Å². The number of esters is 1. The Hall–Kier alpha value is -2.02. The molecular formula is C16H13Cl3N2O4. The van der Waals surface area contributed by atoms with Gasteiger partial charge in [0, 0.05) is 11.2 Å². The van der Waals surface area contributed by atoms with Gasteiger partial charge >= 0.3 is 5.97 Å². The lowest BCUT2D eigenvalue weighted by Gasteiger charge is -2.09. The highest BCUT2D eigenvalue weighted by molar-refractivity contribution is 6.36. The zero-order chi connectivity index (χ0) is 18.4. The summed E-state index contributed by atoms with van der Waals surface area (Å²) in [5.74, 6) is -0.689. The highest BCUT2D eigenvalue weighted by Crippen LogP contribution is 2.22. The molecule has 1 aromatic carbocycles. The van der Waals surface area contributed by atoms with Gasteiger partial charge in [-0.05, 0) is 36.8 Å². The highest BCUT2D eigenvalue weighted by atomic mass is 35.5. The second-order valence-corrected chi connectivity index (χ2v) is 6.14. The molecule has 0 bridgehead atoms. The molecule has 9 heteroatoms. The Kier molecular flexibility index (Phi) is 6.87. The summed E-state index contributed by atoms with van der Waals surface area (Å²) in [6.07, 6.45) is 1.33. The van der Waals surface area contributed by atoms with Crippen molar-refractivity contribution < 1.29 is 19.1 Å². The Morgan fingerprint density at radius 1 is 1.12 bits per heavy atom. The number of rotatable bonds is 6. The van der Waals surface area contributed by atoms with Crippen molar-refractivity contribution in [1.82, 2.24) is 4.98 Å². The first-order chi connectivity index (χ1) is 11.8. The number of aromatic nitrogens is 1. The number of hydrogen-bond acceptors (Lipinski definition) is 5. The predicted octanol–water partition coefficient (Wildman–Crippen LogP) is 3.91. The fraction of sp³-hybridized carbons (Fsp3) is 0.188. The van der Waals surface area contributed by atoms with E-state index in [0.717, 1.165) is 5.56 Å². The van der Waals surface area contributed by atoms with Gasteiger partial charge in [-0.3, -0.25) is 4.79 Å². The Morgan fingerprint density at radius 2 is 1.88 bits per heavy atom. The van der Waals surface area contributed by atoms with Gasteiger partial charge in [0.15, 0.2) is 19.0 Å². The van der Waals surface area contributed by atoms with E-state index in [4.69, 9.17) is 44.3 Å². The zero-order valence-electron chi connectivity index (χ0n) is 13.0. The van der Waals surface area contributed by atoms with E-state index < -0.39 is 18.5 Å². The molecule has 0 atom stereocenters. The molecule has 0 radical (unpaired) electrons. The van der Waals surface area contributed by atoms with Gasteiger partial charge in [-0.15, -0.1) is 0 Å². The van der Waals surface area contributed by atoms with E-state index in [1.165, 1.54) is 12.3 Å². The molecule has 0 fully saturated rings. The second kappa shape index (κ2) is 8.89. The fourth-order valence-electron chi connectivity index (χ4n) is 1.71. The molecule has 0 spiro atoms. The van der Waals surface area contributed by atoms with Crippen LogP contribution in [0.25, 0.3) is 0 Å². The maximum absolute atomic E-state index is 11.7. The van der Waals surface area contributed by atoms with Crippen molar-refractivity contribution in [3.8, 4) is 5.75 Å². The van der Waals surface area contributed by atoms with Gasteiger partial charge in [0.2, 0.25) is 0 Å². The molecule has 2 aromatic rings. The van der Waals surface area contributed by atoms with Crippen molar-refractivity contribution in [2.75, 3.05) is 18.5 Å². The molecule has 1 N–H and O–H groups in total. The number of amides is 1. The van der Waals surface area contributed by atoms with Crippen LogP contribution in [0.4, 0.5) is 5.82 Å². The van der Waals surface area contributed by atoms with Gasteiger partial charge in [0.05, 0.1) is 10.0 Å². The summed E-state index contributed by atoms with van der Waals surface area (Å²) in [5, 5.41) is 3.52. The number of nitrogens with one attached hydrogen (secondary N) is 1. The summed E-state index contributed by atoms with van der Waals surface area (Å²) in [4.78, 5) is 27.2. The summed E-state index contributed by atoms with van der Waals surface area (Å²) < 4.78 is 10.1. The molecule has 132 valence electrons. The van der Waals surface area contributed by atoms with Crippen LogP contribution in [0.5, 0.6) is 5.75 Å². The van der Waals surface area contributed by atoms with Crippen LogP contribution in [-0.2, 0) is 14.3 Å². The average molecular weight is 404 g/mol. The van der Waals surface area contributed by atoms with E-state index in [1.807, 2.05) is 6.92 Å². The Balaban J connectivity index is 1.77. The Labute approximate surface area is 159 Å². The maximum Gasteiger partial charge on any atom is 0.344 e. The van der Waals surface area contributed by atoms with Crippen LogP contribution < -0.4 is 10.1 Å². The summed E-state index contributed by atoms with van der Waals surface area (Å²) >= 11 is 17.5. The quantitative estimate of drug-likeness (QED) is 0.740. The predicted molar refractivity (Wildman–Crippen MR) is 95.5 cm³/mol. The lowest BCUT2D eigenvalue weighted by atomic mass is 10.2. The molecule has 0 aliphatic carbocycles. The lowest BCUT2D eigenvalue weighted by molar-refractivity contribution is -0.149. The van der Waals surface area contributed by atoms with Crippen LogP contribution in [0.1, 0.15) is 5.56 Å². The largest absolute Gasteiger partial charge is 0.482 e. The third kappa shape index (κ3) is 6.08. The van der Waals surface area contributed by atoms with E-state index >= 15 is 0 Å². The zero-order valence-corrected chi connectivity index (χ0v) is 15.3. The third-order valence-electron chi connectivity index (χ3n) is 2.92. The normalized spacial score (nSPS) is 10.2. The summed E-state index contributed by atoms with van der Waals surface area (Å²) in [7, 11) is 0. The minimum absolute atomic E-state index is 0.125. The first-order valence-electron chi connectivity index (χ1n) is 7.00. The summed E-state index contributed by atoms with van der Waals surface area (Å²) in [5.41, 5.74) is 0.819. The van der Waals surface area contributed by atoms with Gasteiger partial charge in [-0.25, -0.2) is 9.78 Å². The van der Waals surface area contributed by atoms with Crippen molar-refractivity contribution in [2.24, 2.45) is 0 Å². The molecule has 25 heavy (non-hydrogen) atoms. The van der Waals surface area contributed by atoms with Crippen LogP contribution in [-0.4, -0.2) is 30.1 Å². The molecular weight excluding hydrogens is 391 g/mol. The molecule has 1 heterocycles. The van der Waals surface area contributed by atoms with Crippen LogP contribution in [0.15, 0.2) is 30.5 Å². The van der Waals surface area contributed by atoms with Crippen molar-refractivity contribution in [3.63, 3.8) is 0 Å². The van der Waals surface area contributed by atoms with Gasteiger partial charge in [-0.2, -0.15) is 0 Å². The number of hydrogen-bond donors (Lipinski definition) is 1. The lowest BCUT2D eigenvalue weighted by Crippen LogP contribution is -2.24. The molecule has 6 nitrogen and oxygen atoms in total. The minimum atomic E-state index is -0.696. The van der Waals surface area contributed by atoms with Crippen molar-refractivity contribution in [1.29, 1.82) is 0 Å². The van der Waals surface area contributed by atoms with Gasteiger partial charge in [0.1, 0.15) is 5.75 Å². The summed E-state index contributed by atoms with van der Waals surface area (Å²) in [6.45, 7) is 0.977. The molecule has 0 saturated carbocycles. The van der Waals surface area contributed by atoms with Crippen molar-refractivity contribution in [3.05, 3.63) is 51.1 Å². The van der Waals surface area contributed by atoms with Gasteiger partial charge in [-0.1, -0.05) is 34.8 Å². The molecule has 0 aliphatic rings. The molecule has 2 rings (SSSR count). The van der Waals surface area contributed by atoms with Crippen molar-refractivity contribution >= 4 is 52.5 Å². The Morgan fingerprint density at radius 3 is 2.56 bits per heavy atom. The highest BCUT2D eigenvalue weighted by Gasteiger charge is 2.11. The minimum Gasteiger partial charge on any atom is -0.482 e. The van der Waals surface area contributed by atoms with Crippen molar-refractivity contribution in [2.45, 2.75) is 6.92 Å². The van der Waals surface area contributed by atoms with E-state index in [0.29, 0.717) is 15.8 Å². The number of benzene rings is 1. The molecule has 0 aliphatic heterocycles. The standard InChI is InChI=1S/C16H13Cl3N2O4/c1-9-4-11(2-3-12(9)18)24-8-15(23)25-7-14(22)21-16-13(19)5-10(17)6-20-16/h2-6H,7-8H2,1H3,(H,20,21,22). The van der Waals surface area contributed by atoms with Crippen LogP contribution in [0.3, 0.4) is 0 Å². The van der Waals surface area contributed by atoms with Crippen LogP contribution >= 0.6 is 34.8 Å². The van der Waals surface area contributed by atoms with Gasteiger partial charge in [0.25, 0.3) is 5.91 Å². The first-order valence-corrected chi connectivity index (χ1v) is 8.14. The number of carbonyl (C=O) groups is 2. The number of nitrogens with zero attached hydrogens (tertiary/aromatic N) is 1. The fourth-order valence-corrected chi connectivity index (χ4v) is 2.26. The SMILES string of the molecule is Cc1cc(OCC(=O)OCC(=O)Nc2ncc(Cl)cc2Cl)ccc1Cl. The van der Waals surface area contributed by atoms with E-state index in [-0.39, 0.29) is 17.4 Å². The molecule has 1 amide bonds.